The number of aliphatic carboxylic acids is 1. The molecule has 0 saturated carbocycles. The van der Waals surface area contributed by atoms with Crippen LogP contribution in [-0.4, -0.2) is 63.8 Å². The number of anilines is 2. The topological polar surface area (TPSA) is 166 Å². The number of nitrogens with one attached hydrogen (secondary N) is 1. The molecule has 3 unspecified atom stereocenters. The van der Waals surface area contributed by atoms with Gasteiger partial charge in [0.1, 0.15) is 17.6 Å². The molecule has 3 aromatic rings. The Kier molecular flexibility index (Phi) is 8.00. The molecule has 1 fully saturated rings. The third-order valence-corrected chi connectivity index (χ3v) is 9.92. The highest BCUT2D eigenvalue weighted by molar-refractivity contribution is 7.89. The van der Waals surface area contributed by atoms with E-state index in [1.54, 1.807) is 31.2 Å². The van der Waals surface area contributed by atoms with Crippen molar-refractivity contribution < 1.29 is 27.9 Å². The number of aromatic nitrogens is 2. The predicted molar refractivity (Wildman–Crippen MR) is 156 cm³/mol. The number of rotatable bonds is 8. The number of carbonyl (C=O) groups is 3. The number of hydrogen-bond donors (Lipinski definition) is 2. The summed E-state index contributed by atoms with van der Waals surface area (Å²) >= 11 is 12.5. The number of carboxylic acids is 1. The van der Waals surface area contributed by atoms with Crippen molar-refractivity contribution in [2.24, 2.45) is 0 Å². The number of fused-ring (bicyclic) bond motifs is 1. The second kappa shape index (κ2) is 11.3. The fourth-order valence-corrected chi connectivity index (χ4v) is 7.85. The molecule has 3 heterocycles. The highest BCUT2D eigenvalue weighted by Crippen LogP contribution is 2.45. The maximum atomic E-state index is 14.3. The first-order valence-electron chi connectivity index (χ1n) is 13.2. The smallest absolute Gasteiger partial charge is 0.325 e. The summed E-state index contributed by atoms with van der Waals surface area (Å²) in [4.78, 5) is 44.1. The van der Waals surface area contributed by atoms with Crippen molar-refractivity contribution in [2.45, 2.75) is 55.8 Å². The first kappa shape index (κ1) is 30.5. The molecule has 2 aliphatic heterocycles. The zero-order chi connectivity index (χ0) is 31.3. The Morgan fingerprint density at radius 3 is 2.47 bits per heavy atom. The first-order valence-corrected chi connectivity index (χ1v) is 15.4. The minimum atomic E-state index is -4.44. The minimum absolute atomic E-state index is 0.0102. The molecular weight excluding hydrogens is 619 g/mol. The van der Waals surface area contributed by atoms with Gasteiger partial charge in [0.25, 0.3) is 15.9 Å². The fourth-order valence-electron chi connectivity index (χ4n) is 5.49. The van der Waals surface area contributed by atoms with Crippen LogP contribution in [0.1, 0.15) is 37.8 Å². The molecule has 0 spiro atoms. The second-order valence-electron chi connectivity index (χ2n) is 10.6. The van der Waals surface area contributed by atoms with E-state index < -0.39 is 45.4 Å². The number of nitriles is 1. The molecule has 0 radical (unpaired) electrons. The van der Waals surface area contributed by atoms with Crippen molar-refractivity contribution in [1.82, 2.24) is 19.2 Å². The molecular formula is C28H26Cl2N6O6S. The Morgan fingerprint density at radius 2 is 1.86 bits per heavy atom. The molecule has 5 rings (SSSR count). The quantitative estimate of drug-likeness (QED) is 0.376. The van der Waals surface area contributed by atoms with Crippen molar-refractivity contribution >= 4 is 62.6 Å². The number of benzene rings is 2. The third-order valence-electron chi connectivity index (χ3n) is 7.61. The average molecular weight is 646 g/mol. The van der Waals surface area contributed by atoms with Gasteiger partial charge in [-0.25, -0.2) is 18.3 Å². The van der Waals surface area contributed by atoms with Crippen molar-refractivity contribution in [3.63, 3.8) is 0 Å². The highest BCUT2D eigenvalue weighted by atomic mass is 35.5. The molecule has 2 aliphatic rings. The molecule has 2 N–H and O–H groups in total. The lowest BCUT2D eigenvalue weighted by Crippen LogP contribution is -2.50. The van der Waals surface area contributed by atoms with E-state index in [4.69, 9.17) is 23.2 Å². The van der Waals surface area contributed by atoms with Crippen molar-refractivity contribution in [1.29, 1.82) is 5.26 Å². The molecule has 1 saturated heterocycles. The van der Waals surface area contributed by atoms with Crippen LogP contribution in [0.3, 0.4) is 0 Å². The predicted octanol–water partition coefficient (Wildman–Crippen LogP) is 3.44. The van der Waals surface area contributed by atoms with Gasteiger partial charge in [0.05, 0.1) is 23.5 Å². The highest BCUT2D eigenvalue weighted by Gasteiger charge is 2.53. The number of imidazole rings is 1. The normalized spacial score (nSPS) is 21.0. The van der Waals surface area contributed by atoms with Crippen LogP contribution in [0, 0.1) is 11.3 Å². The van der Waals surface area contributed by atoms with Gasteiger partial charge in [-0.2, -0.15) is 9.57 Å². The average Bonchev–Trinajstić information content (AvgIpc) is 3.66. The maximum absolute atomic E-state index is 14.3. The van der Waals surface area contributed by atoms with Gasteiger partial charge < -0.3 is 10.4 Å². The monoisotopic (exact) mass is 644 g/mol. The van der Waals surface area contributed by atoms with Crippen LogP contribution in [0.2, 0.25) is 10.0 Å². The Labute approximate surface area is 257 Å². The molecule has 0 aliphatic carbocycles. The van der Waals surface area contributed by atoms with E-state index in [0.717, 1.165) is 10.5 Å². The van der Waals surface area contributed by atoms with Crippen molar-refractivity contribution in [3.8, 4) is 6.07 Å². The van der Waals surface area contributed by atoms with Gasteiger partial charge in [0.15, 0.2) is 5.03 Å². The molecule has 3 atom stereocenters. The SMILES string of the molecule is CC(NC(=O)C1CCCN1S(=O)(=O)c1cnc2n1C(C)(Cc1ccc(C#N)cc1)C(=O)N2c1cc(Cl)cc(Cl)c1)C(=O)O. The van der Waals surface area contributed by atoms with Crippen LogP contribution in [0.5, 0.6) is 0 Å². The summed E-state index contributed by atoms with van der Waals surface area (Å²) in [5, 5.41) is 21.0. The number of halogens is 2. The Bertz CT molecular complexity index is 1770. The number of amides is 2. The van der Waals surface area contributed by atoms with E-state index in [1.165, 1.54) is 34.6 Å². The number of hydrogen-bond acceptors (Lipinski definition) is 7. The van der Waals surface area contributed by atoms with E-state index in [9.17, 15) is 33.2 Å². The Morgan fingerprint density at radius 1 is 1.21 bits per heavy atom. The minimum Gasteiger partial charge on any atom is -0.480 e. The Hall–Kier alpha value is -3.96. The zero-order valence-electron chi connectivity index (χ0n) is 23.0. The summed E-state index contributed by atoms with van der Waals surface area (Å²) in [6.45, 7) is 2.89. The van der Waals surface area contributed by atoms with Crippen molar-refractivity contribution in [3.05, 3.63) is 69.8 Å². The number of carboxylic acid groups (broad SMARTS) is 1. The van der Waals surface area contributed by atoms with Crippen LogP contribution in [-0.2, 0) is 36.4 Å². The standard InChI is InChI=1S/C28H26Cl2N6O6S/c1-16(25(38)39)33-24(37)22-4-3-9-34(22)43(41,42)23-15-32-27-35(21-11-19(29)10-20(30)12-21)26(40)28(2,36(23)27)13-17-5-7-18(14-31)8-6-17/h5-8,10-12,15-16,22H,3-4,9,13H2,1-2H3,(H,33,37)(H,38,39). The lowest BCUT2D eigenvalue weighted by molar-refractivity contribution is -0.141. The molecule has 2 amide bonds. The van der Waals surface area contributed by atoms with Crippen LogP contribution in [0.15, 0.2) is 53.7 Å². The van der Waals surface area contributed by atoms with Gasteiger partial charge in [0, 0.05) is 23.0 Å². The van der Waals surface area contributed by atoms with Gasteiger partial charge in [-0.15, -0.1) is 0 Å². The first-order chi connectivity index (χ1) is 20.3. The van der Waals surface area contributed by atoms with E-state index in [-0.39, 0.29) is 46.1 Å². The van der Waals surface area contributed by atoms with Crippen molar-refractivity contribution in [2.75, 3.05) is 11.4 Å². The van der Waals surface area contributed by atoms with E-state index in [1.807, 2.05) is 6.07 Å². The summed E-state index contributed by atoms with van der Waals surface area (Å²) in [6.07, 6.45) is 1.73. The maximum Gasteiger partial charge on any atom is 0.325 e. The molecule has 43 heavy (non-hydrogen) atoms. The molecule has 0 bridgehead atoms. The van der Waals surface area contributed by atoms with E-state index >= 15 is 0 Å². The lowest BCUT2D eigenvalue weighted by atomic mass is 9.91. The lowest BCUT2D eigenvalue weighted by Gasteiger charge is -2.29. The van der Waals surface area contributed by atoms with Gasteiger partial charge in [-0.3, -0.25) is 19.0 Å². The van der Waals surface area contributed by atoms with E-state index in [2.05, 4.69) is 10.3 Å². The number of nitrogens with zero attached hydrogens (tertiary/aromatic N) is 5. The van der Waals surface area contributed by atoms with Gasteiger partial charge in [-0.1, -0.05) is 35.3 Å². The second-order valence-corrected chi connectivity index (χ2v) is 13.3. The summed E-state index contributed by atoms with van der Waals surface area (Å²) in [5.41, 5.74) is -0.163. The zero-order valence-corrected chi connectivity index (χ0v) is 25.3. The van der Waals surface area contributed by atoms with Crippen LogP contribution < -0.4 is 10.2 Å². The van der Waals surface area contributed by atoms with E-state index in [0.29, 0.717) is 17.5 Å². The summed E-state index contributed by atoms with van der Waals surface area (Å²) < 4.78 is 30.8. The molecule has 2 aromatic carbocycles. The largest absolute Gasteiger partial charge is 0.480 e. The van der Waals surface area contributed by atoms with Gasteiger partial charge >= 0.3 is 5.97 Å². The van der Waals surface area contributed by atoms with Gasteiger partial charge in [-0.05, 0) is 62.6 Å². The molecule has 1 aromatic heterocycles. The number of carbonyl (C=O) groups excluding carboxylic acids is 2. The van der Waals surface area contributed by atoms with Crippen LogP contribution in [0.4, 0.5) is 11.6 Å². The molecule has 12 nitrogen and oxygen atoms in total. The summed E-state index contributed by atoms with van der Waals surface area (Å²) in [5.74, 6) is -2.48. The van der Waals surface area contributed by atoms with Gasteiger partial charge in [0.2, 0.25) is 11.9 Å². The van der Waals surface area contributed by atoms with Crippen LogP contribution >= 0.6 is 23.2 Å². The Balaban J connectivity index is 1.62. The molecule has 224 valence electrons. The summed E-state index contributed by atoms with van der Waals surface area (Å²) in [6, 6.07) is 10.8. The molecule has 15 heteroatoms. The number of sulfonamides is 1. The summed E-state index contributed by atoms with van der Waals surface area (Å²) in [7, 11) is -4.44. The van der Waals surface area contributed by atoms with Crippen LogP contribution in [0.25, 0.3) is 0 Å². The third kappa shape index (κ3) is 5.36. The fraction of sp³-hybridized carbons (Fsp3) is 0.321.